The molecule has 40 heavy (non-hydrogen) atoms. The number of carbonyl (C=O) groups excluding carboxylic acids is 1. The number of fused-ring (bicyclic) bond motifs is 1. The lowest BCUT2D eigenvalue weighted by molar-refractivity contribution is -0.0479. The van der Waals surface area contributed by atoms with Gasteiger partial charge in [-0.25, -0.2) is 9.78 Å². The second-order valence-corrected chi connectivity index (χ2v) is 10.2. The number of aliphatic hydroxyl groups is 2. The van der Waals surface area contributed by atoms with E-state index in [1.165, 1.54) is 0 Å². The second kappa shape index (κ2) is 13.2. The van der Waals surface area contributed by atoms with Crippen molar-refractivity contribution in [3.05, 3.63) is 60.3 Å². The molecule has 0 saturated heterocycles. The van der Waals surface area contributed by atoms with Crippen molar-refractivity contribution in [2.75, 3.05) is 18.5 Å². The molecule has 12 heteroatoms. The molecule has 212 valence electrons. The maximum absolute atomic E-state index is 11.7. The highest BCUT2D eigenvalue weighted by atomic mass is 16.6. The first-order valence-electron chi connectivity index (χ1n) is 13.2. The van der Waals surface area contributed by atoms with Gasteiger partial charge in [0.2, 0.25) is 5.95 Å². The van der Waals surface area contributed by atoms with Crippen LogP contribution in [0, 0.1) is 0 Å². The van der Waals surface area contributed by atoms with Crippen LogP contribution in [-0.2, 0) is 11.2 Å². The van der Waals surface area contributed by atoms with Crippen molar-refractivity contribution in [1.29, 1.82) is 0 Å². The van der Waals surface area contributed by atoms with Gasteiger partial charge in [-0.3, -0.25) is 0 Å². The summed E-state index contributed by atoms with van der Waals surface area (Å²) in [6, 6.07) is 15.3. The van der Waals surface area contributed by atoms with E-state index < -0.39 is 18.0 Å². The van der Waals surface area contributed by atoms with Crippen molar-refractivity contribution >= 4 is 28.9 Å². The van der Waals surface area contributed by atoms with Crippen LogP contribution in [-0.4, -0.2) is 66.3 Å². The summed E-state index contributed by atoms with van der Waals surface area (Å²) in [6.45, 7) is 6.44. The smallest absolute Gasteiger partial charge is 0.407 e. The van der Waals surface area contributed by atoms with Crippen LogP contribution >= 0.6 is 0 Å². The van der Waals surface area contributed by atoms with Gasteiger partial charge in [-0.1, -0.05) is 17.3 Å². The molecular weight excluding hydrogens is 514 g/mol. The molecule has 0 bridgehead atoms. The van der Waals surface area contributed by atoms with Gasteiger partial charge in [-0.05, 0) is 82.0 Å². The van der Waals surface area contributed by atoms with E-state index in [2.05, 4.69) is 30.9 Å². The van der Waals surface area contributed by atoms with Crippen molar-refractivity contribution in [3.8, 4) is 11.4 Å². The Morgan fingerprint density at radius 1 is 1.05 bits per heavy atom. The van der Waals surface area contributed by atoms with Gasteiger partial charge >= 0.3 is 6.09 Å². The van der Waals surface area contributed by atoms with Crippen LogP contribution in [0.25, 0.3) is 16.9 Å². The van der Waals surface area contributed by atoms with Crippen LogP contribution < -0.4 is 15.4 Å². The number of nitrogens with one attached hydrogen (secondary N) is 2. The number of ether oxygens (including phenoxy) is 2. The predicted molar refractivity (Wildman–Crippen MR) is 150 cm³/mol. The molecule has 0 aliphatic rings. The minimum Gasteiger partial charge on any atom is -0.494 e. The Morgan fingerprint density at radius 3 is 2.50 bits per heavy atom. The highest BCUT2D eigenvalue weighted by molar-refractivity contribution is 5.73. The molecule has 0 spiro atoms. The number of aliphatic hydroxyl groups excluding tert-OH is 1. The molecule has 0 fully saturated rings. The van der Waals surface area contributed by atoms with Crippen molar-refractivity contribution in [2.24, 2.45) is 0 Å². The Morgan fingerprint density at radius 2 is 1.80 bits per heavy atom. The first-order valence-corrected chi connectivity index (χ1v) is 13.2. The minimum absolute atomic E-state index is 0.262. The lowest BCUT2D eigenvalue weighted by Gasteiger charge is -2.19. The summed E-state index contributed by atoms with van der Waals surface area (Å²) in [5.41, 5.74) is 3.35. The first kappa shape index (κ1) is 28.7. The zero-order valence-corrected chi connectivity index (χ0v) is 22.9. The third-order valence-electron chi connectivity index (χ3n) is 5.67. The average molecular weight is 550 g/mol. The monoisotopic (exact) mass is 549 g/mol. The number of aryl methyl sites for hydroxylation is 1. The SMILES string of the molecule is CC(C)(C)OC(=O)NCCCc1ccc(Nc2ncc3nnn(-c4ccc(OCCCC(O)O)cc4)c3n2)cc1. The van der Waals surface area contributed by atoms with E-state index in [4.69, 9.17) is 19.7 Å². The molecule has 2 aromatic heterocycles. The third-order valence-corrected chi connectivity index (χ3v) is 5.67. The first-order chi connectivity index (χ1) is 19.2. The zero-order valence-electron chi connectivity index (χ0n) is 22.9. The van der Waals surface area contributed by atoms with Gasteiger partial charge in [-0.2, -0.15) is 9.67 Å². The zero-order chi connectivity index (χ0) is 28.5. The Kier molecular flexibility index (Phi) is 9.46. The largest absolute Gasteiger partial charge is 0.494 e. The molecule has 4 aromatic rings. The standard InChI is InChI=1S/C28H35N7O5/c1-28(2,3)40-27(38)29-16-4-6-19-8-10-20(11-9-19)31-26-30-18-23-25(32-26)35(34-33-23)21-12-14-22(15-13-21)39-17-5-7-24(36)37/h8-15,18,24,36-37H,4-7,16-17H2,1-3H3,(H,29,38)(H,30,31,32). The third kappa shape index (κ3) is 8.61. The number of alkyl carbamates (subject to hydrolysis) is 1. The average Bonchev–Trinajstić information content (AvgIpc) is 3.33. The van der Waals surface area contributed by atoms with E-state index in [0.717, 1.165) is 29.8 Å². The van der Waals surface area contributed by atoms with Crippen LogP contribution in [0.2, 0.25) is 0 Å². The summed E-state index contributed by atoms with van der Waals surface area (Å²) in [5.74, 6) is 1.08. The van der Waals surface area contributed by atoms with Gasteiger partial charge < -0.3 is 30.3 Å². The van der Waals surface area contributed by atoms with E-state index in [1.807, 2.05) is 69.3 Å². The summed E-state index contributed by atoms with van der Waals surface area (Å²) in [4.78, 5) is 20.7. The number of benzene rings is 2. The lowest BCUT2D eigenvalue weighted by atomic mass is 10.1. The number of anilines is 2. The molecule has 0 aliphatic carbocycles. The van der Waals surface area contributed by atoms with Gasteiger partial charge in [0.05, 0.1) is 18.5 Å². The highest BCUT2D eigenvalue weighted by Gasteiger charge is 2.15. The second-order valence-electron chi connectivity index (χ2n) is 10.2. The maximum atomic E-state index is 11.7. The summed E-state index contributed by atoms with van der Waals surface area (Å²) >= 11 is 0. The van der Waals surface area contributed by atoms with E-state index in [1.54, 1.807) is 10.9 Å². The highest BCUT2D eigenvalue weighted by Crippen LogP contribution is 2.21. The predicted octanol–water partition coefficient (Wildman–Crippen LogP) is 3.88. The molecule has 0 aliphatic heterocycles. The summed E-state index contributed by atoms with van der Waals surface area (Å²) in [6.07, 6.45) is 2.31. The Balaban J connectivity index is 1.32. The normalized spacial score (nSPS) is 11.6. The van der Waals surface area contributed by atoms with Crippen molar-refractivity contribution in [2.45, 2.75) is 58.3 Å². The summed E-state index contributed by atoms with van der Waals surface area (Å²) in [7, 11) is 0. The fourth-order valence-electron chi connectivity index (χ4n) is 3.78. The fraction of sp³-hybridized carbons (Fsp3) is 0.393. The number of nitrogens with zero attached hydrogens (tertiary/aromatic N) is 5. The Bertz CT molecular complexity index is 1380. The molecule has 0 radical (unpaired) electrons. The van der Waals surface area contributed by atoms with E-state index in [-0.39, 0.29) is 6.42 Å². The number of aromatic nitrogens is 5. The van der Waals surface area contributed by atoms with Crippen molar-refractivity contribution < 1.29 is 24.5 Å². The number of rotatable bonds is 12. The van der Waals surface area contributed by atoms with Crippen molar-refractivity contribution in [3.63, 3.8) is 0 Å². The molecule has 2 aromatic carbocycles. The number of hydrogen-bond donors (Lipinski definition) is 4. The van der Waals surface area contributed by atoms with Crippen LogP contribution in [0.4, 0.5) is 16.4 Å². The topological polar surface area (TPSA) is 157 Å². The molecule has 0 unspecified atom stereocenters. The quantitative estimate of drug-likeness (QED) is 0.151. The van der Waals surface area contributed by atoms with Crippen LogP contribution in [0.3, 0.4) is 0 Å². The van der Waals surface area contributed by atoms with Gasteiger partial charge in [0.1, 0.15) is 11.4 Å². The van der Waals surface area contributed by atoms with Gasteiger partial charge in [0, 0.05) is 18.7 Å². The van der Waals surface area contributed by atoms with E-state index >= 15 is 0 Å². The van der Waals surface area contributed by atoms with E-state index in [9.17, 15) is 4.79 Å². The number of hydrogen-bond acceptors (Lipinski definition) is 10. The molecule has 4 rings (SSSR count). The summed E-state index contributed by atoms with van der Waals surface area (Å²) < 4.78 is 12.5. The minimum atomic E-state index is -1.32. The van der Waals surface area contributed by atoms with E-state index in [0.29, 0.717) is 42.4 Å². The molecule has 0 saturated carbocycles. The van der Waals surface area contributed by atoms with Gasteiger partial charge in [0.25, 0.3) is 0 Å². The lowest BCUT2D eigenvalue weighted by Crippen LogP contribution is -2.33. The molecular formula is C28H35N7O5. The van der Waals surface area contributed by atoms with Crippen LogP contribution in [0.15, 0.2) is 54.7 Å². The fourth-order valence-corrected chi connectivity index (χ4v) is 3.78. The molecule has 1 amide bonds. The Labute approximate surface area is 232 Å². The van der Waals surface area contributed by atoms with Gasteiger partial charge in [-0.15, -0.1) is 5.10 Å². The molecule has 12 nitrogen and oxygen atoms in total. The molecule has 4 N–H and O–H groups in total. The van der Waals surface area contributed by atoms with Crippen molar-refractivity contribution in [1.82, 2.24) is 30.3 Å². The molecule has 2 heterocycles. The van der Waals surface area contributed by atoms with Crippen LogP contribution in [0.1, 0.15) is 45.6 Å². The molecule has 0 atom stereocenters. The Hall–Kier alpha value is -4.29. The summed E-state index contributed by atoms with van der Waals surface area (Å²) in [5, 5.41) is 32.2. The van der Waals surface area contributed by atoms with Crippen LogP contribution in [0.5, 0.6) is 5.75 Å². The maximum Gasteiger partial charge on any atom is 0.407 e. The number of amides is 1. The van der Waals surface area contributed by atoms with Gasteiger partial charge in [0.15, 0.2) is 17.5 Å². The number of carbonyl (C=O) groups is 1.